The lowest BCUT2D eigenvalue weighted by Crippen LogP contribution is -2.48. The molecule has 0 aliphatic carbocycles. The second kappa shape index (κ2) is 11.6. The van der Waals surface area contributed by atoms with Crippen LogP contribution in [-0.4, -0.2) is 84.1 Å². The lowest BCUT2D eigenvalue weighted by Gasteiger charge is -2.36. The molecule has 2 aliphatic heterocycles. The third-order valence-electron chi connectivity index (χ3n) is 7.28. The van der Waals surface area contributed by atoms with E-state index in [2.05, 4.69) is 32.0 Å². The van der Waals surface area contributed by atoms with Crippen molar-refractivity contribution < 1.29 is 27.8 Å². The van der Waals surface area contributed by atoms with Gasteiger partial charge in [-0.05, 0) is 54.5 Å². The molecule has 0 saturated carbocycles. The summed E-state index contributed by atoms with van der Waals surface area (Å²) in [5.41, 5.74) is 3.02. The summed E-state index contributed by atoms with van der Waals surface area (Å²) in [5, 5.41) is 12.4. The Labute approximate surface area is 224 Å². The molecule has 4 heterocycles. The summed E-state index contributed by atoms with van der Waals surface area (Å²) in [5.74, 6) is 4.32. The number of aromatic nitrogens is 2. The lowest BCUT2D eigenvalue weighted by molar-refractivity contribution is -0.157. The average molecular weight is 542 g/mol. The number of benzene rings is 1. The number of piperidine rings is 1. The average Bonchev–Trinajstić information content (AvgIpc) is 3.39. The Morgan fingerprint density at radius 3 is 2.54 bits per heavy atom. The number of ether oxygens (including phenoxy) is 1. The van der Waals surface area contributed by atoms with Crippen LogP contribution in [0.15, 0.2) is 42.6 Å². The van der Waals surface area contributed by atoms with Crippen LogP contribution in [0.25, 0.3) is 22.2 Å². The zero-order chi connectivity index (χ0) is 27.4. The van der Waals surface area contributed by atoms with E-state index in [1.54, 1.807) is 30.5 Å². The summed E-state index contributed by atoms with van der Waals surface area (Å²) >= 11 is 0. The van der Waals surface area contributed by atoms with Crippen molar-refractivity contribution in [2.24, 2.45) is 5.92 Å². The second-order valence-corrected chi connectivity index (χ2v) is 9.71. The fraction of sp³-hybridized carbons (Fsp3) is 0.429. The fourth-order valence-corrected chi connectivity index (χ4v) is 5.24. The van der Waals surface area contributed by atoms with Crippen LogP contribution < -0.4 is 10.2 Å². The van der Waals surface area contributed by atoms with Crippen molar-refractivity contribution >= 4 is 28.3 Å². The number of pyridine rings is 1. The molecular weight excluding hydrogens is 511 g/mol. The quantitative estimate of drug-likeness (QED) is 0.427. The number of alkyl halides is 3. The number of aliphatic hydroxyl groups excluding tert-OH is 1. The summed E-state index contributed by atoms with van der Waals surface area (Å²) in [7, 11) is 0. The van der Waals surface area contributed by atoms with Gasteiger partial charge in [0.1, 0.15) is 18.5 Å². The largest absolute Gasteiger partial charge is 0.408 e. The maximum atomic E-state index is 14.1. The minimum atomic E-state index is -4.45. The van der Waals surface area contributed by atoms with E-state index in [1.165, 1.54) is 4.90 Å². The number of nitrogens with zero attached hydrogens (tertiary/aromatic N) is 3. The normalized spacial score (nSPS) is 17.5. The predicted octanol–water partition coefficient (Wildman–Crippen LogP) is 3.64. The Balaban J connectivity index is 1.29. The van der Waals surface area contributed by atoms with Gasteiger partial charge in [0.15, 0.2) is 0 Å². The standard InChI is InChI=1S/C28H30F3N5O3/c29-28(30,31)26(20-8-11-35(12-9-20)25(38)2-1-15-37)33-21-5-3-19(4-6-21)24-18-22-23(34-24)7-10-32-27(22)36-13-16-39-17-14-36/h3-7,10,18,20,26,33-34,37H,8-9,11-17H2/t26-/m0/s1. The SMILES string of the molecule is O=C(C#CCO)N1CCC([C@H](Nc2ccc(-c3cc4c(N5CCOCC5)nccc4[nH]3)cc2)C(F)(F)F)CC1. The monoisotopic (exact) mass is 541 g/mol. The van der Waals surface area contributed by atoms with Crippen molar-refractivity contribution in [2.45, 2.75) is 25.1 Å². The number of rotatable bonds is 5. The van der Waals surface area contributed by atoms with Gasteiger partial charge in [-0.25, -0.2) is 4.98 Å². The summed E-state index contributed by atoms with van der Waals surface area (Å²) < 4.78 is 47.6. The van der Waals surface area contributed by atoms with Gasteiger partial charge in [-0.3, -0.25) is 4.79 Å². The molecule has 11 heteroatoms. The van der Waals surface area contributed by atoms with Crippen LogP contribution in [0, 0.1) is 17.8 Å². The van der Waals surface area contributed by atoms with Gasteiger partial charge in [0.25, 0.3) is 5.91 Å². The number of morpholine rings is 1. The number of fused-ring (bicyclic) bond motifs is 1. The molecule has 2 saturated heterocycles. The number of hydrogen-bond acceptors (Lipinski definition) is 6. The molecule has 2 aliphatic rings. The van der Waals surface area contributed by atoms with Crippen LogP contribution in [0.1, 0.15) is 12.8 Å². The number of carbonyl (C=O) groups excluding carboxylic acids is 1. The van der Waals surface area contributed by atoms with E-state index in [1.807, 2.05) is 12.1 Å². The summed E-state index contributed by atoms with van der Waals surface area (Å²) in [6, 6.07) is 9.10. The highest BCUT2D eigenvalue weighted by Crippen LogP contribution is 2.35. The van der Waals surface area contributed by atoms with Gasteiger partial charge in [-0.1, -0.05) is 18.1 Å². The number of aliphatic hydroxyl groups is 1. The van der Waals surface area contributed by atoms with Gasteiger partial charge in [0.05, 0.1) is 18.7 Å². The van der Waals surface area contributed by atoms with Gasteiger partial charge in [0.2, 0.25) is 0 Å². The highest BCUT2D eigenvalue weighted by molar-refractivity contribution is 5.94. The number of nitrogens with one attached hydrogen (secondary N) is 2. The van der Waals surface area contributed by atoms with Gasteiger partial charge in [-0.15, -0.1) is 0 Å². The first-order chi connectivity index (χ1) is 18.8. The van der Waals surface area contributed by atoms with Gasteiger partial charge in [0, 0.05) is 49.1 Å². The van der Waals surface area contributed by atoms with Crippen LogP contribution in [-0.2, 0) is 9.53 Å². The van der Waals surface area contributed by atoms with Gasteiger partial charge < -0.3 is 29.9 Å². The third-order valence-corrected chi connectivity index (χ3v) is 7.28. The first-order valence-electron chi connectivity index (χ1n) is 13.0. The van der Waals surface area contributed by atoms with Gasteiger partial charge in [-0.2, -0.15) is 13.2 Å². The molecule has 5 rings (SSSR count). The molecule has 3 N–H and O–H groups in total. The Morgan fingerprint density at radius 2 is 1.87 bits per heavy atom. The molecule has 0 bridgehead atoms. The predicted molar refractivity (Wildman–Crippen MR) is 142 cm³/mol. The van der Waals surface area contributed by atoms with E-state index in [0.29, 0.717) is 18.9 Å². The smallest absolute Gasteiger partial charge is 0.384 e. The highest BCUT2D eigenvalue weighted by atomic mass is 19.4. The van der Waals surface area contributed by atoms with E-state index in [0.717, 1.165) is 41.1 Å². The zero-order valence-corrected chi connectivity index (χ0v) is 21.3. The molecule has 206 valence electrons. The van der Waals surface area contributed by atoms with Crippen LogP contribution >= 0.6 is 0 Å². The molecule has 39 heavy (non-hydrogen) atoms. The number of anilines is 2. The van der Waals surface area contributed by atoms with Crippen molar-refractivity contribution in [1.82, 2.24) is 14.9 Å². The molecule has 1 atom stereocenters. The van der Waals surface area contributed by atoms with Crippen molar-refractivity contribution in [3.8, 4) is 23.1 Å². The minimum Gasteiger partial charge on any atom is -0.384 e. The topological polar surface area (TPSA) is 93.7 Å². The highest BCUT2D eigenvalue weighted by Gasteiger charge is 2.45. The Kier molecular flexibility index (Phi) is 7.95. The molecule has 0 radical (unpaired) electrons. The van der Waals surface area contributed by atoms with E-state index in [4.69, 9.17) is 9.84 Å². The number of carbonyl (C=O) groups is 1. The van der Waals surface area contributed by atoms with Crippen molar-refractivity contribution in [1.29, 1.82) is 0 Å². The van der Waals surface area contributed by atoms with Crippen molar-refractivity contribution in [2.75, 3.05) is 56.2 Å². The minimum absolute atomic E-state index is 0.193. The van der Waals surface area contributed by atoms with E-state index in [-0.39, 0.29) is 25.9 Å². The number of amides is 1. The number of aromatic amines is 1. The number of H-pyrrole nitrogens is 1. The van der Waals surface area contributed by atoms with E-state index >= 15 is 0 Å². The Bertz CT molecular complexity index is 1350. The lowest BCUT2D eigenvalue weighted by atomic mass is 9.88. The first-order valence-corrected chi connectivity index (χ1v) is 13.0. The molecule has 0 spiro atoms. The Hall–Kier alpha value is -3.75. The van der Waals surface area contributed by atoms with Crippen molar-refractivity contribution in [3.05, 3.63) is 42.6 Å². The van der Waals surface area contributed by atoms with E-state index < -0.39 is 30.7 Å². The molecule has 1 amide bonds. The van der Waals surface area contributed by atoms with Crippen LogP contribution in [0.2, 0.25) is 0 Å². The molecule has 1 aromatic carbocycles. The molecule has 2 fully saturated rings. The zero-order valence-electron chi connectivity index (χ0n) is 21.3. The summed E-state index contributed by atoms with van der Waals surface area (Å²) in [4.78, 5) is 23.6. The molecule has 8 nitrogen and oxygen atoms in total. The van der Waals surface area contributed by atoms with Gasteiger partial charge >= 0.3 is 6.18 Å². The Morgan fingerprint density at radius 1 is 1.15 bits per heavy atom. The summed E-state index contributed by atoms with van der Waals surface area (Å²) in [6.45, 7) is 2.78. The van der Waals surface area contributed by atoms with Crippen LogP contribution in [0.3, 0.4) is 0 Å². The van der Waals surface area contributed by atoms with Crippen molar-refractivity contribution in [3.63, 3.8) is 0 Å². The second-order valence-electron chi connectivity index (χ2n) is 9.71. The first kappa shape index (κ1) is 26.8. The molecule has 0 unspecified atom stereocenters. The fourth-order valence-electron chi connectivity index (χ4n) is 5.24. The molecular formula is C28H30F3N5O3. The molecule has 3 aromatic rings. The maximum absolute atomic E-state index is 14.1. The maximum Gasteiger partial charge on any atom is 0.408 e. The van der Waals surface area contributed by atoms with Crippen LogP contribution in [0.4, 0.5) is 24.7 Å². The third kappa shape index (κ3) is 6.13. The van der Waals surface area contributed by atoms with E-state index in [9.17, 15) is 18.0 Å². The number of hydrogen-bond donors (Lipinski definition) is 3. The van der Waals surface area contributed by atoms with Crippen LogP contribution in [0.5, 0.6) is 0 Å². The molecule has 2 aromatic heterocycles. The number of halogens is 3. The summed E-state index contributed by atoms with van der Waals surface area (Å²) in [6.07, 6.45) is -2.28. The number of likely N-dealkylation sites (tertiary alicyclic amines) is 1.